The maximum atomic E-state index is 11.7. The molecular formula is C15H22N4O2. The first kappa shape index (κ1) is 15.2. The minimum absolute atomic E-state index is 0.0546. The van der Waals surface area contributed by atoms with Gasteiger partial charge in [0.1, 0.15) is 12.3 Å². The van der Waals surface area contributed by atoms with E-state index in [9.17, 15) is 4.79 Å². The van der Waals surface area contributed by atoms with Gasteiger partial charge in [0.2, 0.25) is 5.91 Å². The number of nitrogens with one attached hydrogen (secondary N) is 1. The second kappa shape index (κ2) is 6.97. The molecule has 6 nitrogen and oxygen atoms in total. The molecule has 3 N–H and O–H groups in total. The minimum atomic E-state index is -0.141. The molecule has 0 radical (unpaired) electrons. The monoisotopic (exact) mass is 290 g/mol. The predicted molar refractivity (Wildman–Crippen MR) is 82.1 cm³/mol. The Morgan fingerprint density at radius 2 is 2.10 bits per heavy atom. The molecule has 0 bridgehead atoms. The zero-order valence-electron chi connectivity index (χ0n) is 12.5. The van der Waals surface area contributed by atoms with Gasteiger partial charge in [-0.15, -0.1) is 0 Å². The van der Waals surface area contributed by atoms with Gasteiger partial charge < -0.3 is 20.7 Å². The number of amides is 1. The molecule has 1 aliphatic rings. The van der Waals surface area contributed by atoms with Crippen molar-refractivity contribution in [2.75, 3.05) is 20.7 Å². The molecule has 1 aromatic rings. The summed E-state index contributed by atoms with van der Waals surface area (Å²) in [5.74, 6) is 1.08. The summed E-state index contributed by atoms with van der Waals surface area (Å²) in [5.41, 5.74) is 6.84. The molecule has 1 amide bonds. The summed E-state index contributed by atoms with van der Waals surface area (Å²) in [6, 6.07) is 8.05. The van der Waals surface area contributed by atoms with Crippen LogP contribution >= 0.6 is 0 Å². The molecule has 1 aliphatic carbocycles. The second-order valence-electron chi connectivity index (χ2n) is 5.14. The van der Waals surface area contributed by atoms with Gasteiger partial charge in [-0.25, -0.2) is 4.99 Å². The van der Waals surface area contributed by atoms with E-state index in [-0.39, 0.29) is 12.5 Å². The van der Waals surface area contributed by atoms with Crippen molar-refractivity contribution in [3.63, 3.8) is 0 Å². The largest absolute Gasteiger partial charge is 0.497 e. The normalized spacial score (nSPS) is 14.7. The molecule has 114 valence electrons. The highest BCUT2D eigenvalue weighted by Crippen LogP contribution is 2.24. The van der Waals surface area contributed by atoms with Crippen molar-refractivity contribution in [3.05, 3.63) is 29.8 Å². The SMILES string of the molecule is COc1ccc(CNC(=O)CN=C(N)N(C)C2CC2)cc1. The Labute approximate surface area is 125 Å². The maximum absolute atomic E-state index is 11.7. The van der Waals surface area contributed by atoms with E-state index >= 15 is 0 Å². The standard InChI is InChI=1S/C15H22N4O2/c1-19(12-5-6-12)15(16)18-10-14(20)17-9-11-3-7-13(21-2)8-4-11/h3-4,7-8,12H,5-6,9-10H2,1-2H3,(H2,16,18)(H,17,20). The number of hydrogen-bond acceptors (Lipinski definition) is 3. The van der Waals surface area contributed by atoms with Gasteiger partial charge in [0.15, 0.2) is 5.96 Å². The Hall–Kier alpha value is -2.24. The topological polar surface area (TPSA) is 79.9 Å². The highest BCUT2D eigenvalue weighted by molar-refractivity contribution is 5.84. The molecule has 0 aromatic heterocycles. The summed E-state index contributed by atoms with van der Waals surface area (Å²) in [6.07, 6.45) is 2.30. The van der Waals surface area contributed by atoms with Crippen LogP contribution in [0.15, 0.2) is 29.3 Å². The van der Waals surface area contributed by atoms with Crippen molar-refractivity contribution in [1.29, 1.82) is 0 Å². The first-order valence-corrected chi connectivity index (χ1v) is 7.02. The summed E-state index contributed by atoms with van der Waals surface area (Å²) in [4.78, 5) is 17.8. The third-order valence-electron chi connectivity index (χ3n) is 3.49. The van der Waals surface area contributed by atoms with Crippen LogP contribution in [0.2, 0.25) is 0 Å². The number of guanidine groups is 1. The lowest BCUT2D eigenvalue weighted by Gasteiger charge is -2.16. The van der Waals surface area contributed by atoms with Gasteiger partial charge in [0.05, 0.1) is 7.11 Å². The van der Waals surface area contributed by atoms with Crippen LogP contribution in [0, 0.1) is 0 Å². The molecule has 21 heavy (non-hydrogen) atoms. The van der Waals surface area contributed by atoms with Crippen LogP contribution in [0.3, 0.4) is 0 Å². The molecule has 6 heteroatoms. The van der Waals surface area contributed by atoms with Crippen molar-refractivity contribution in [1.82, 2.24) is 10.2 Å². The Kier molecular flexibility index (Phi) is 5.03. The summed E-state index contributed by atoms with van der Waals surface area (Å²) in [6.45, 7) is 0.524. The van der Waals surface area contributed by atoms with E-state index in [1.54, 1.807) is 7.11 Å². The lowest BCUT2D eigenvalue weighted by Crippen LogP contribution is -2.37. The molecule has 1 saturated carbocycles. The van der Waals surface area contributed by atoms with Gasteiger partial charge in [-0.2, -0.15) is 0 Å². The average molecular weight is 290 g/mol. The van der Waals surface area contributed by atoms with E-state index in [4.69, 9.17) is 10.5 Å². The van der Waals surface area contributed by atoms with Crippen LogP contribution in [-0.2, 0) is 11.3 Å². The highest BCUT2D eigenvalue weighted by atomic mass is 16.5. The molecule has 0 heterocycles. The number of carbonyl (C=O) groups excluding carboxylic acids is 1. The number of carbonyl (C=O) groups is 1. The maximum Gasteiger partial charge on any atom is 0.242 e. The molecule has 0 aliphatic heterocycles. The third-order valence-corrected chi connectivity index (χ3v) is 3.49. The van der Waals surface area contributed by atoms with Crippen LogP contribution in [0.5, 0.6) is 5.75 Å². The second-order valence-corrected chi connectivity index (χ2v) is 5.14. The van der Waals surface area contributed by atoms with Crippen LogP contribution in [0.1, 0.15) is 18.4 Å². The van der Waals surface area contributed by atoms with Gasteiger partial charge in [0, 0.05) is 19.6 Å². The fourth-order valence-electron chi connectivity index (χ4n) is 1.91. The number of rotatable bonds is 6. The molecule has 2 rings (SSSR count). The number of methoxy groups -OCH3 is 1. The van der Waals surface area contributed by atoms with E-state index in [1.165, 1.54) is 0 Å². The summed E-state index contributed by atoms with van der Waals surface area (Å²) in [5, 5.41) is 2.81. The van der Waals surface area contributed by atoms with Crippen LogP contribution < -0.4 is 15.8 Å². The van der Waals surface area contributed by atoms with Crippen LogP contribution in [0.4, 0.5) is 0 Å². The van der Waals surface area contributed by atoms with Crippen LogP contribution in [-0.4, -0.2) is 43.5 Å². The Morgan fingerprint density at radius 3 is 2.67 bits per heavy atom. The number of aliphatic imine (C=N–C) groups is 1. The van der Waals surface area contributed by atoms with Crippen molar-refractivity contribution < 1.29 is 9.53 Å². The van der Waals surface area contributed by atoms with Crippen LogP contribution in [0.25, 0.3) is 0 Å². The Balaban J connectivity index is 1.74. The summed E-state index contributed by atoms with van der Waals surface area (Å²) in [7, 11) is 3.53. The molecule has 0 atom stereocenters. The van der Waals surface area contributed by atoms with E-state index < -0.39 is 0 Å². The number of hydrogen-bond donors (Lipinski definition) is 2. The third kappa shape index (κ3) is 4.66. The Morgan fingerprint density at radius 1 is 1.43 bits per heavy atom. The lowest BCUT2D eigenvalue weighted by atomic mass is 10.2. The molecule has 0 saturated heterocycles. The molecular weight excluding hydrogens is 268 g/mol. The summed E-state index contributed by atoms with van der Waals surface area (Å²) < 4.78 is 5.08. The number of benzene rings is 1. The van der Waals surface area contributed by atoms with Gasteiger partial charge in [-0.05, 0) is 30.5 Å². The quantitative estimate of drug-likeness (QED) is 0.597. The lowest BCUT2D eigenvalue weighted by molar-refractivity contribution is -0.119. The highest BCUT2D eigenvalue weighted by Gasteiger charge is 2.27. The average Bonchev–Trinajstić information content (AvgIpc) is 3.35. The molecule has 0 unspecified atom stereocenters. The van der Waals surface area contributed by atoms with Crippen molar-refractivity contribution >= 4 is 11.9 Å². The van der Waals surface area contributed by atoms with Gasteiger partial charge in [-0.3, -0.25) is 4.79 Å². The van der Waals surface area contributed by atoms with Gasteiger partial charge >= 0.3 is 0 Å². The van der Waals surface area contributed by atoms with E-state index in [0.29, 0.717) is 18.5 Å². The fourth-order valence-corrected chi connectivity index (χ4v) is 1.91. The van der Waals surface area contributed by atoms with E-state index in [0.717, 1.165) is 24.2 Å². The van der Waals surface area contributed by atoms with Crippen molar-refractivity contribution in [2.24, 2.45) is 10.7 Å². The fraction of sp³-hybridized carbons (Fsp3) is 0.467. The first-order valence-electron chi connectivity index (χ1n) is 7.02. The number of ether oxygens (including phenoxy) is 1. The zero-order chi connectivity index (χ0) is 15.2. The van der Waals surface area contributed by atoms with E-state index in [1.807, 2.05) is 36.2 Å². The van der Waals surface area contributed by atoms with Gasteiger partial charge in [0.25, 0.3) is 0 Å². The van der Waals surface area contributed by atoms with Gasteiger partial charge in [-0.1, -0.05) is 12.1 Å². The van der Waals surface area contributed by atoms with Crippen molar-refractivity contribution in [2.45, 2.75) is 25.4 Å². The van der Waals surface area contributed by atoms with Crippen molar-refractivity contribution in [3.8, 4) is 5.75 Å². The predicted octanol–water partition coefficient (Wildman–Crippen LogP) is 0.720. The molecule has 0 spiro atoms. The minimum Gasteiger partial charge on any atom is -0.497 e. The zero-order valence-corrected chi connectivity index (χ0v) is 12.5. The Bertz CT molecular complexity index is 509. The van der Waals surface area contributed by atoms with E-state index in [2.05, 4.69) is 10.3 Å². The number of nitrogens with zero attached hydrogens (tertiary/aromatic N) is 2. The molecule has 1 fully saturated rings. The smallest absolute Gasteiger partial charge is 0.242 e. The first-order chi connectivity index (χ1) is 10.1. The number of nitrogens with two attached hydrogens (primary N) is 1. The molecule has 1 aromatic carbocycles. The summed E-state index contributed by atoms with van der Waals surface area (Å²) >= 11 is 0.